The zero-order valence-electron chi connectivity index (χ0n) is 14.4. The third-order valence-electron chi connectivity index (χ3n) is 8.01. The molecular weight excluding hydrogens is 272 g/mol. The highest BCUT2D eigenvalue weighted by Crippen LogP contribution is 2.64. The number of hydrogen-bond donors (Lipinski definition) is 2. The van der Waals surface area contributed by atoms with Crippen LogP contribution in [0.4, 0.5) is 0 Å². The Bertz CT molecular complexity index is 474. The predicted octanol–water partition coefficient (Wildman–Crippen LogP) is 2.27. The summed E-state index contributed by atoms with van der Waals surface area (Å²) in [4.78, 5) is 0. The van der Waals surface area contributed by atoms with Gasteiger partial charge in [-0.2, -0.15) is 0 Å². The number of hydrazine groups is 1. The smallest absolute Gasteiger partial charge is 0.108 e. The maximum atomic E-state index is 4.17. The van der Waals surface area contributed by atoms with Crippen LogP contribution in [0.15, 0.2) is 0 Å². The van der Waals surface area contributed by atoms with Crippen LogP contribution < -0.4 is 10.6 Å². The molecule has 0 aromatic carbocycles. The van der Waals surface area contributed by atoms with E-state index in [1.165, 1.54) is 44.9 Å². The fraction of sp³-hybridized carbons (Fsp3) is 1.00. The van der Waals surface area contributed by atoms with Crippen LogP contribution in [0.25, 0.3) is 0 Å². The Morgan fingerprint density at radius 1 is 1.05 bits per heavy atom. The zero-order valence-corrected chi connectivity index (χ0v) is 14.4. The molecule has 0 aromatic heterocycles. The van der Waals surface area contributed by atoms with Crippen LogP contribution in [0.2, 0.25) is 0 Å². The molecule has 4 heteroatoms. The zero-order chi connectivity index (χ0) is 15.1. The third kappa shape index (κ3) is 1.40. The topological polar surface area (TPSA) is 30.5 Å². The first-order valence-corrected chi connectivity index (χ1v) is 9.69. The van der Waals surface area contributed by atoms with E-state index in [0.717, 1.165) is 18.5 Å². The number of piperazine rings is 1. The van der Waals surface area contributed by atoms with E-state index >= 15 is 0 Å². The lowest BCUT2D eigenvalue weighted by Gasteiger charge is -2.61. The highest BCUT2D eigenvalue weighted by molar-refractivity contribution is 5.21. The summed E-state index contributed by atoms with van der Waals surface area (Å²) in [5, 5.41) is 13.7. The Morgan fingerprint density at radius 3 is 2.59 bits per heavy atom. The summed E-state index contributed by atoms with van der Waals surface area (Å²) in [5.74, 6) is 0.932. The van der Waals surface area contributed by atoms with Gasteiger partial charge in [0.05, 0.1) is 6.17 Å². The van der Waals surface area contributed by atoms with E-state index in [4.69, 9.17) is 0 Å². The monoisotopic (exact) mass is 304 g/mol. The van der Waals surface area contributed by atoms with Gasteiger partial charge in [-0.15, -0.1) is 0 Å². The largest absolute Gasteiger partial charge is 0.309 e. The van der Waals surface area contributed by atoms with Gasteiger partial charge in [-0.25, -0.2) is 10.0 Å². The first-order chi connectivity index (χ1) is 10.6. The summed E-state index contributed by atoms with van der Waals surface area (Å²) in [7, 11) is 0. The van der Waals surface area contributed by atoms with Crippen LogP contribution in [0, 0.1) is 11.3 Å². The molecule has 2 aliphatic carbocycles. The van der Waals surface area contributed by atoms with E-state index in [9.17, 15) is 0 Å². The van der Waals surface area contributed by atoms with Crippen LogP contribution in [-0.2, 0) is 0 Å². The van der Waals surface area contributed by atoms with E-state index in [1.54, 1.807) is 0 Å². The van der Waals surface area contributed by atoms with Crippen molar-refractivity contribution in [3.8, 4) is 0 Å². The number of nitrogens with one attached hydrogen (secondary N) is 2. The summed E-state index contributed by atoms with van der Waals surface area (Å²) in [6, 6.07) is 1.92. The summed E-state index contributed by atoms with van der Waals surface area (Å²) >= 11 is 0. The predicted molar refractivity (Wildman–Crippen MR) is 88.0 cm³/mol. The molecular formula is C18H32N4. The minimum absolute atomic E-state index is 0.153. The van der Waals surface area contributed by atoms with Gasteiger partial charge in [0.15, 0.2) is 0 Å². The minimum Gasteiger partial charge on any atom is -0.309 e. The lowest BCUT2D eigenvalue weighted by atomic mass is 9.60. The molecule has 22 heavy (non-hydrogen) atoms. The SMILES string of the molecule is CC1CNC(C)C23N[C@@H](C)N(C4CCC(C4)C24CCCC4)N13. The first kappa shape index (κ1) is 14.2. The molecule has 1 spiro atoms. The average molecular weight is 304 g/mol. The molecule has 3 saturated heterocycles. The molecule has 3 heterocycles. The fourth-order valence-corrected chi connectivity index (χ4v) is 7.40. The standard InChI is InChI=1S/C18H32N4/c1-12-11-19-13(2)18-17(8-4-5-9-17)15-6-7-16(10-15)21(22(12)18)14(3)20-18/h12-16,19-20H,4-11H2,1-3H3/t12?,13?,14-,15?,16?,18?/m1/s1. The maximum Gasteiger partial charge on any atom is 0.108 e. The van der Waals surface area contributed by atoms with Gasteiger partial charge < -0.3 is 5.32 Å². The van der Waals surface area contributed by atoms with Crippen molar-refractivity contribution in [2.75, 3.05) is 6.54 Å². The van der Waals surface area contributed by atoms with Gasteiger partial charge in [-0.05, 0) is 58.8 Å². The van der Waals surface area contributed by atoms with Crippen molar-refractivity contribution in [3.05, 3.63) is 0 Å². The second-order valence-corrected chi connectivity index (χ2v) is 8.82. The molecule has 4 nitrogen and oxygen atoms in total. The lowest BCUT2D eigenvalue weighted by molar-refractivity contribution is -0.185. The van der Waals surface area contributed by atoms with Crippen molar-refractivity contribution < 1.29 is 0 Å². The van der Waals surface area contributed by atoms with Crippen LogP contribution in [0.5, 0.6) is 0 Å². The van der Waals surface area contributed by atoms with Crippen molar-refractivity contribution in [1.82, 2.24) is 20.7 Å². The van der Waals surface area contributed by atoms with E-state index in [2.05, 4.69) is 41.4 Å². The van der Waals surface area contributed by atoms with Crippen molar-refractivity contribution >= 4 is 0 Å². The van der Waals surface area contributed by atoms with Gasteiger partial charge in [0.1, 0.15) is 5.66 Å². The van der Waals surface area contributed by atoms with E-state index < -0.39 is 0 Å². The van der Waals surface area contributed by atoms with Gasteiger partial charge in [0, 0.05) is 30.1 Å². The van der Waals surface area contributed by atoms with Crippen LogP contribution in [0.3, 0.4) is 0 Å². The molecule has 5 fully saturated rings. The molecule has 0 radical (unpaired) electrons. The Balaban J connectivity index is 1.74. The molecule has 6 unspecified atom stereocenters. The quantitative estimate of drug-likeness (QED) is 0.719. The second-order valence-electron chi connectivity index (χ2n) is 8.82. The van der Waals surface area contributed by atoms with Crippen molar-refractivity contribution in [3.63, 3.8) is 0 Å². The summed E-state index contributed by atoms with van der Waals surface area (Å²) < 4.78 is 0. The molecule has 0 amide bonds. The van der Waals surface area contributed by atoms with Crippen LogP contribution >= 0.6 is 0 Å². The third-order valence-corrected chi connectivity index (χ3v) is 8.01. The first-order valence-electron chi connectivity index (χ1n) is 9.69. The molecule has 4 bridgehead atoms. The molecule has 2 saturated carbocycles. The molecule has 2 N–H and O–H groups in total. The Labute approximate surface area is 135 Å². The van der Waals surface area contributed by atoms with Gasteiger partial charge in [-0.1, -0.05) is 12.8 Å². The average Bonchev–Trinajstić information content (AvgIpc) is 3.17. The minimum atomic E-state index is 0.153. The van der Waals surface area contributed by atoms with Crippen molar-refractivity contribution in [2.24, 2.45) is 11.3 Å². The van der Waals surface area contributed by atoms with E-state index in [-0.39, 0.29) is 5.66 Å². The van der Waals surface area contributed by atoms with Crippen molar-refractivity contribution in [2.45, 2.75) is 95.7 Å². The Hall–Kier alpha value is -0.160. The Kier molecular flexibility index (Phi) is 2.89. The number of hydrogen-bond acceptors (Lipinski definition) is 4. The number of fused-ring (bicyclic) bond motifs is 4. The van der Waals surface area contributed by atoms with Gasteiger partial charge in [0.2, 0.25) is 0 Å². The molecule has 0 aromatic rings. The maximum absolute atomic E-state index is 4.17. The van der Waals surface area contributed by atoms with Crippen LogP contribution in [-0.4, -0.2) is 46.5 Å². The normalized spacial score (nSPS) is 56.3. The number of rotatable bonds is 0. The summed E-state index contributed by atoms with van der Waals surface area (Å²) in [6.07, 6.45) is 10.6. The lowest BCUT2D eigenvalue weighted by Crippen LogP contribution is -2.78. The summed E-state index contributed by atoms with van der Waals surface area (Å²) in [6.45, 7) is 8.41. The number of nitrogens with zero attached hydrogens (tertiary/aromatic N) is 2. The molecule has 124 valence electrons. The fourth-order valence-electron chi connectivity index (χ4n) is 7.40. The summed E-state index contributed by atoms with van der Waals surface area (Å²) in [5.41, 5.74) is 0.642. The molecule has 5 rings (SSSR count). The van der Waals surface area contributed by atoms with Gasteiger partial charge in [0.25, 0.3) is 0 Å². The van der Waals surface area contributed by atoms with Gasteiger partial charge in [-0.3, -0.25) is 5.32 Å². The van der Waals surface area contributed by atoms with Crippen molar-refractivity contribution in [1.29, 1.82) is 0 Å². The van der Waals surface area contributed by atoms with E-state index in [1.807, 2.05) is 0 Å². The molecule has 7 atom stereocenters. The Morgan fingerprint density at radius 2 is 1.82 bits per heavy atom. The van der Waals surface area contributed by atoms with E-state index in [0.29, 0.717) is 23.7 Å². The molecule has 5 aliphatic rings. The highest BCUT2D eigenvalue weighted by Gasteiger charge is 2.71. The van der Waals surface area contributed by atoms with Crippen LogP contribution in [0.1, 0.15) is 65.7 Å². The molecule has 3 aliphatic heterocycles. The second kappa shape index (κ2) is 4.47. The highest BCUT2D eigenvalue weighted by atomic mass is 15.8. The van der Waals surface area contributed by atoms with Gasteiger partial charge >= 0.3 is 0 Å².